The highest BCUT2D eigenvalue weighted by Crippen LogP contribution is 2.28. The third kappa shape index (κ3) is 5.66. The number of halogens is 4. The predicted molar refractivity (Wildman–Crippen MR) is 89.6 cm³/mol. The van der Waals surface area contributed by atoms with Crippen LogP contribution >= 0.6 is 0 Å². The Morgan fingerprint density at radius 3 is 2.36 bits per heavy atom. The zero-order valence-electron chi connectivity index (χ0n) is 14.6. The summed E-state index contributed by atoms with van der Waals surface area (Å²) < 4.78 is 56.6. The molecule has 28 heavy (non-hydrogen) atoms. The minimum absolute atomic E-state index is 0.286. The Labute approximate surface area is 156 Å². The molecule has 0 unspecified atom stereocenters. The molecule has 10 heteroatoms. The van der Waals surface area contributed by atoms with Crippen LogP contribution in [0.15, 0.2) is 47.4 Å². The highest BCUT2D eigenvalue weighted by atomic mass is 19.4. The third-order valence-electron chi connectivity index (χ3n) is 3.83. The standard InChI is InChI=1S/C18H16F4N2O4/c1-28-17(27)8-14(11-2-5-13(19)6-3-11)23-15(25)10-24-9-12(18(20,21)22)4-7-16(24)26/h2-7,9,14H,8,10H2,1H3,(H,23,25)/t14-/m1/s1. The van der Waals surface area contributed by atoms with Gasteiger partial charge in [-0.05, 0) is 23.8 Å². The second-order valence-corrected chi connectivity index (χ2v) is 5.83. The summed E-state index contributed by atoms with van der Waals surface area (Å²) in [6.07, 6.45) is -4.42. The Morgan fingerprint density at radius 2 is 1.79 bits per heavy atom. The number of hydrogen-bond acceptors (Lipinski definition) is 4. The highest BCUT2D eigenvalue weighted by molar-refractivity contribution is 5.78. The van der Waals surface area contributed by atoms with Gasteiger partial charge in [0.15, 0.2) is 0 Å². The first-order chi connectivity index (χ1) is 13.1. The lowest BCUT2D eigenvalue weighted by molar-refractivity contribution is -0.141. The number of esters is 1. The molecular weight excluding hydrogens is 384 g/mol. The Kier molecular flexibility index (Phi) is 6.55. The molecule has 1 heterocycles. The summed E-state index contributed by atoms with van der Waals surface area (Å²) in [5.41, 5.74) is -1.49. The maximum absolute atomic E-state index is 13.1. The van der Waals surface area contributed by atoms with Crippen molar-refractivity contribution < 1.29 is 31.9 Å². The number of hydrogen-bond donors (Lipinski definition) is 1. The van der Waals surface area contributed by atoms with Gasteiger partial charge in [0.25, 0.3) is 5.56 Å². The number of ether oxygens (including phenoxy) is 1. The van der Waals surface area contributed by atoms with E-state index >= 15 is 0 Å². The van der Waals surface area contributed by atoms with Gasteiger partial charge in [-0.25, -0.2) is 4.39 Å². The van der Waals surface area contributed by atoms with Gasteiger partial charge in [0, 0.05) is 12.3 Å². The number of aromatic nitrogens is 1. The van der Waals surface area contributed by atoms with Crippen molar-refractivity contribution in [3.05, 3.63) is 69.9 Å². The van der Waals surface area contributed by atoms with Gasteiger partial charge in [0.2, 0.25) is 5.91 Å². The number of carbonyl (C=O) groups excluding carboxylic acids is 2. The highest BCUT2D eigenvalue weighted by Gasteiger charge is 2.31. The maximum Gasteiger partial charge on any atom is 0.417 e. The Morgan fingerprint density at radius 1 is 1.14 bits per heavy atom. The molecule has 0 spiro atoms. The summed E-state index contributed by atoms with van der Waals surface area (Å²) in [7, 11) is 1.15. The molecule has 1 aromatic carbocycles. The van der Waals surface area contributed by atoms with Crippen LogP contribution in [0, 0.1) is 5.82 Å². The summed E-state index contributed by atoms with van der Waals surface area (Å²) in [4.78, 5) is 35.6. The van der Waals surface area contributed by atoms with E-state index in [1.165, 1.54) is 12.1 Å². The molecule has 0 bridgehead atoms. The SMILES string of the molecule is COC(=O)C[C@@H](NC(=O)Cn1cc(C(F)(F)F)ccc1=O)c1ccc(F)cc1. The molecular formula is C18H16F4N2O4. The van der Waals surface area contributed by atoms with E-state index in [1.54, 1.807) is 0 Å². The van der Waals surface area contributed by atoms with Crippen LogP contribution in [0.4, 0.5) is 17.6 Å². The van der Waals surface area contributed by atoms with Crippen LogP contribution in [-0.4, -0.2) is 23.6 Å². The zero-order valence-corrected chi connectivity index (χ0v) is 14.6. The summed E-state index contributed by atoms with van der Waals surface area (Å²) in [5, 5.41) is 2.45. The number of alkyl halides is 3. The van der Waals surface area contributed by atoms with Crippen molar-refractivity contribution in [2.24, 2.45) is 0 Å². The molecule has 1 aromatic heterocycles. The summed E-state index contributed by atoms with van der Waals surface area (Å²) >= 11 is 0. The minimum Gasteiger partial charge on any atom is -0.469 e. The molecule has 2 aromatic rings. The normalized spacial score (nSPS) is 12.3. The monoisotopic (exact) mass is 400 g/mol. The Hall–Kier alpha value is -3.17. The fourth-order valence-electron chi connectivity index (χ4n) is 2.41. The van der Waals surface area contributed by atoms with Crippen LogP contribution in [0.1, 0.15) is 23.6 Å². The lowest BCUT2D eigenvalue weighted by Gasteiger charge is -2.19. The molecule has 0 aliphatic heterocycles. The first kappa shape index (κ1) is 21.1. The quantitative estimate of drug-likeness (QED) is 0.597. The molecule has 1 N–H and O–H groups in total. The average Bonchev–Trinajstić information content (AvgIpc) is 2.62. The van der Waals surface area contributed by atoms with Crippen molar-refractivity contribution in [2.45, 2.75) is 25.2 Å². The van der Waals surface area contributed by atoms with Crippen LogP contribution < -0.4 is 10.9 Å². The maximum atomic E-state index is 13.1. The molecule has 0 saturated heterocycles. The fraction of sp³-hybridized carbons (Fsp3) is 0.278. The van der Waals surface area contributed by atoms with Crippen LogP contribution in [0.3, 0.4) is 0 Å². The van der Waals surface area contributed by atoms with Crippen LogP contribution in [-0.2, 0) is 27.0 Å². The van der Waals surface area contributed by atoms with Crippen LogP contribution in [0.5, 0.6) is 0 Å². The molecule has 0 fully saturated rings. The molecule has 6 nitrogen and oxygen atoms in total. The van der Waals surface area contributed by atoms with Gasteiger partial charge in [0.1, 0.15) is 12.4 Å². The van der Waals surface area contributed by atoms with Gasteiger partial charge in [-0.15, -0.1) is 0 Å². The first-order valence-corrected chi connectivity index (χ1v) is 7.99. The Balaban J connectivity index is 2.20. The Bertz CT molecular complexity index is 907. The van der Waals surface area contributed by atoms with E-state index < -0.39 is 47.6 Å². The molecule has 0 saturated carbocycles. The van der Waals surface area contributed by atoms with Crippen molar-refractivity contribution in [1.82, 2.24) is 9.88 Å². The minimum atomic E-state index is -4.67. The number of rotatable bonds is 6. The summed E-state index contributed by atoms with van der Waals surface area (Å²) in [6, 6.07) is 5.37. The number of methoxy groups -OCH3 is 1. The lowest BCUT2D eigenvalue weighted by atomic mass is 10.0. The van der Waals surface area contributed by atoms with Gasteiger partial charge in [-0.2, -0.15) is 13.2 Å². The number of pyridine rings is 1. The van der Waals surface area contributed by atoms with Gasteiger partial charge in [-0.3, -0.25) is 14.4 Å². The van der Waals surface area contributed by atoms with E-state index in [0.29, 0.717) is 28.5 Å². The van der Waals surface area contributed by atoms with E-state index in [9.17, 15) is 31.9 Å². The van der Waals surface area contributed by atoms with Crippen molar-refractivity contribution >= 4 is 11.9 Å². The van der Waals surface area contributed by atoms with Gasteiger partial charge < -0.3 is 14.6 Å². The van der Waals surface area contributed by atoms with Crippen molar-refractivity contribution in [3.8, 4) is 0 Å². The second kappa shape index (κ2) is 8.68. The van der Waals surface area contributed by atoms with E-state index in [4.69, 9.17) is 0 Å². The number of nitrogens with zero attached hydrogens (tertiary/aromatic N) is 1. The van der Waals surface area contributed by atoms with Gasteiger partial charge >= 0.3 is 12.1 Å². The number of benzene rings is 1. The zero-order chi connectivity index (χ0) is 20.9. The van der Waals surface area contributed by atoms with E-state index in [2.05, 4.69) is 10.1 Å². The number of carbonyl (C=O) groups is 2. The average molecular weight is 400 g/mol. The summed E-state index contributed by atoms with van der Waals surface area (Å²) in [5.74, 6) is -1.99. The molecule has 0 radical (unpaired) electrons. The molecule has 0 aliphatic rings. The number of amides is 1. The molecule has 0 aliphatic carbocycles. The fourth-order valence-corrected chi connectivity index (χ4v) is 2.41. The third-order valence-corrected chi connectivity index (χ3v) is 3.83. The molecule has 1 atom stereocenters. The predicted octanol–water partition coefficient (Wildman–Crippen LogP) is 2.43. The van der Waals surface area contributed by atoms with Crippen molar-refractivity contribution in [3.63, 3.8) is 0 Å². The van der Waals surface area contributed by atoms with E-state index in [-0.39, 0.29) is 6.42 Å². The summed E-state index contributed by atoms with van der Waals surface area (Å²) in [6.45, 7) is -0.693. The lowest BCUT2D eigenvalue weighted by Crippen LogP contribution is -2.35. The van der Waals surface area contributed by atoms with E-state index in [1.807, 2.05) is 0 Å². The molecule has 2 rings (SSSR count). The van der Waals surface area contributed by atoms with E-state index in [0.717, 1.165) is 19.2 Å². The second-order valence-electron chi connectivity index (χ2n) is 5.83. The number of nitrogens with one attached hydrogen (secondary N) is 1. The van der Waals surface area contributed by atoms with Crippen LogP contribution in [0.2, 0.25) is 0 Å². The molecule has 150 valence electrons. The van der Waals surface area contributed by atoms with Crippen molar-refractivity contribution in [2.75, 3.05) is 7.11 Å². The topological polar surface area (TPSA) is 77.4 Å². The van der Waals surface area contributed by atoms with Crippen molar-refractivity contribution in [1.29, 1.82) is 0 Å². The largest absolute Gasteiger partial charge is 0.469 e. The van der Waals surface area contributed by atoms with Gasteiger partial charge in [-0.1, -0.05) is 12.1 Å². The van der Waals surface area contributed by atoms with Gasteiger partial charge in [0.05, 0.1) is 25.1 Å². The molecule has 1 amide bonds. The van der Waals surface area contributed by atoms with Crippen LogP contribution in [0.25, 0.3) is 0 Å². The smallest absolute Gasteiger partial charge is 0.417 e. The first-order valence-electron chi connectivity index (χ1n) is 7.99.